The zero-order valence-corrected chi connectivity index (χ0v) is 18.8. The predicted octanol–water partition coefficient (Wildman–Crippen LogP) is 5.20. The van der Waals surface area contributed by atoms with Gasteiger partial charge in [-0.2, -0.15) is 0 Å². The van der Waals surface area contributed by atoms with Crippen molar-refractivity contribution in [2.75, 3.05) is 26.7 Å². The van der Waals surface area contributed by atoms with Crippen LogP contribution in [0.4, 0.5) is 4.79 Å². The van der Waals surface area contributed by atoms with Crippen LogP contribution in [-0.2, 0) is 4.74 Å². The highest BCUT2D eigenvalue weighted by molar-refractivity contribution is 5.94. The summed E-state index contributed by atoms with van der Waals surface area (Å²) in [6, 6.07) is 16.8. The number of benzene rings is 2. The molecule has 1 saturated heterocycles. The summed E-state index contributed by atoms with van der Waals surface area (Å²) in [5.41, 5.74) is 0.160. The standard InChI is InChI=1S/C25H32N2O4/c1-25(2,3)31-24(29)26(4)18-19-14-16-27(17-15-19)23(28)20-10-12-22(13-11-20)30-21-8-6-5-7-9-21/h5-13,19H,14-18H2,1-4H3. The van der Waals surface area contributed by atoms with Gasteiger partial charge in [0.1, 0.15) is 17.1 Å². The van der Waals surface area contributed by atoms with E-state index in [0.29, 0.717) is 36.9 Å². The largest absolute Gasteiger partial charge is 0.457 e. The van der Waals surface area contributed by atoms with E-state index in [0.717, 1.165) is 18.6 Å². The second-order valence-electron chi connectivity index (χ2n) is 9.04. The first-order valence-corrected chi connectivity index (χ1v) is 10.8. The SMILES string of the molecule is CN(CC1CCN(C(=O)c2ccc(Oc3ccccc3)cc2)CC1)C(=O)OC(C)(C)C. The van der Waals surface area contributed by atoms with E-state index in [1.807, 2.05) is 80.3 Å². The Morgan fingerprint density at radius 2 is 1.55 bits per heavy atom. The number of amides is 2. The third-order valence-corrected chi connectivity index (χ3v) is 5.22. The molecule has 2 amide bonds. The van der Waals surface area contributed by atoms with Gasteiger partial charge in [-0.25, -0.2) is 4.79 Å². The van der Waals surface area contributed by atoms with E-state index in [-0.39, 0.29) is 12.0 Å². The van der Waals surface area contributed by atoms with Gasteiger partial charge < -0.3 is 19.3 Å². The molecule has 2 aromatic carbocycles. The third kappa shape index (κ3) is 6.74. The molecule has 0 atom stereocenters. The molecule has 6 nitrogen and oxygen atoms in total. The van der Waals surface area contributed by atoms with E-state index in [2.05, 4.69) is 0 Å². The summed E-state index contributed by atoms with van der Waals surface area (Å²) in [4.78, 5) is 28.5. The van der Waals surface area contributed by atoms with Gasteiger partial charge in [0.15, 0.2) is 0 Å². The molecule has 0 saturated carbocycles. The molecule has 1 heterocycles. The van der Waals surface area contributed by atoms with Crippen LogP contribution in [0.3, 0.4) is 0 Å². The Morgan fingerprint density at radius 3 is 2.13 bits per heavy atom. The van der Waals surface area contributed by atoms with Crippen LogP contribution in [0.15, 0.2) is 54.6 Å². The zero-order chi connectivity index (χ0) is 22.4. The highest BCUT2D eigenvalue weighted by Crippen LogP contribution is 2.24. The summed E-state index contributed by atoms with van der Waals surface area (Å²) in [6.45, 7) is 7.61. The monoisotopic (exact) mass is 424 g/mol. The maximum Gasteiger partial charge on any atom is 0.410 e. The molecule has 0 bridgehead atoms. The fourth-order valence-electron chi connectivity index (χ4n) is 3.59. The Bertz CT molecular complexity index is 867. The summed E-state index contributed by atoms with van der Waals surface area (Å²) in [5.74, 6) is 1.86. The lowest BCUT2D eigenvalue weighted by atomic mass is 9.96. The molecule has 0 N–H and O–H groups in total. The number of para-hydroxylation sites is 1. The van der Waals surface area contributed by atoms with Crippen LogP contribution < -0.4 is 4.74 Å². The number of likely N-dealkylation sites (tertiary alicyclic amines) is 1. The van der Waals surface area contributed by atoms with Crippen molar-refractivity contribution in [3.8, 4) is 11.5 Å². The van der Waals surface area contributed by atoms with Gasteiger partial charge in [0, 0.05) is 32.2 Å². The van der Waals surface area contributed by atoms with Crippen molar-refractivity contribution in [3.05, 3.63) is 60.2 Å². The molecule has 0 aromatic heterocycles. The lowest BCUT2D eigenvalue weighted by Gasteiger charge is -2.34. The topological polar surface area (TPSA) is 59.1 Å². The molecule has 166 valence electrons. The number of rotatable bonds is 5. The molecule has 1 aliphatic heterocycles. The Morgan fingerprint density at radius 1 is 0.968 bits per heavy atom. The van der Waals surface area contributed by atoms with Crippen LogP contribution in [0, 0.1) is 5.92 Å². The number of carbonyl (C=O) groups excluding carboxylic acids is 2. The second kappa shape index (κ2) is 9.86. The molecule has 0 spiro atoms. The van der Waals surface area contributed by atoms with Crippen molar-refractivity contribution in [2.24, 2.45) is 5.92 Å². The van der Waals surface area contributed by atoms with Gasteiger partial charge >= 0.3 is 6.09 Å². The molecule has 31 heavy (non-hydrogen) atoms. The van der Waals surface area contributed by atoms with Crippen molar-refractivity contribution in [1.29, 1.82) is 0 Å². The molecule has 2 aromatic rings. The van der Waals surface area contributed by atoms with E-state index in [4.69, 9.17) is 9.47 Å². The normalized spacial score (nSPS) is 14.8. The van der Waals surface area contributed by atoms with Crippen LogP contribution in [0.25, 0.3) is 0 Å². The quantitative estimate of drug-likeness (QED) is 0.662. The smallest absolute Gasteiger partial charge is 0.410 e. The molecular weight excluding hydrogens is 392 g/mol. The molecular formula is C25H32N2O4. The highest BCUT2D eigenvalue weighted by atomic mass is 16.6. The fraction of sp³-hybridized carbons (Fsp3) is 0.440. The van der Waals surface area contributed by atoms with Crippen LogP contribution in [0.1, 0.15) is 44.0 Å². The summed E-state index contributed by atoms with van der Waals surface area (Å²) < 4.78 is 11.2. The van der Waals surface area contributed by atoms with Crippen LogP contribution >= 0.6 is 0 Å². The first-order chi connectivity index (χ1) is 14.7. The number of nitrogens with zero attached hydrogens (tertiary/aromatic N) is 2. The summed E-state index contributed by atoms with van der Waals surface area (Å²) in [6.07, 6.45) is 1.44. The number of carbonyl (C=O) groups is 2. The molecule has 0 radical (unpaired) electrons. The fourth-order valence-corrected chi connectivity index (χ4v) is 3.59. The molecule has 3 rings (SSSR count). The molecule has 1 aliphatic rings. The van der Waals surface area contributed by atoms with Gasteiger partial charge in [-0.05, 0) is 75.9 Å². The molecule has 6 heteroatoms. The van der Waals surface area contributed by atoms with Crippen LogP contribution in [0.2, 0.25) is 0 Å². The van der Waals surface area contributed by atoms with Crippen molar-refractivity contribution < 1.29 is 19.1 Å². The maximum absolute atomic E-state index is 12.9. The van der Waals surface area contributed by atoms with E-state index in [1.165, 1.54) is 0 Å². The predicted molar refractivity (Wildman–Crippen MR) is 120 cm³/mol. The average Bonchev–Trinajstić information content (AvgIpc) is 2.74. The molecule has 0 aliphatic carbocycles. The second-order valence-corrected chi connectivity index (χ2v) is 9.04. The lowest BCUT2D eigenvalue weighted by Crippen LogP contribution is -2.43. The van der Waals surface area contributed by atoms with Gasteiger partial charge in [0.25, 0.3) is 5.91 Å². The number of hydrogen-bond acceptors (Lipinski definition) is 4. The van der Waals surface area contributed by atoms with Gasteiger partial charge in [0.05, 0.1) is 0 Å². The number of piperidine rings is 1. The van der Waals surface area contributed by atoms with E-state index >= 15 is 0 Å². The Balaban J connectivity index is 1.48. The first-order valence-electron chi connectivity index (χ1n) is 10.8. The van der Waals surface area contributed by atoms with Gasteiger partial charge in [-0.3, -0.25) is 4.79 Å². The van der Waals surface area contributed by atoms with Gasteiger partial charge in [0.2, 0.25) is 0 Å². The average molecular weight is 425 g/mol. The van der Waals surface area contributed by atoms with Crippen molar-refractivity contribution in [3.63, 3.8) is 0 Å². The Kier molecular flexibility index (Phi) is 7.21. The summed E-state index contributed by atoms with van der Waals surface area (Å²) in [5, 5.41) is 0. The van der Waals surface area contributed by atoms with Gasteiger partial charge in [-0.15, -0.1) is 0 Å². The molecule has 1 fully saturated rings. The minimum Gasteiger partial charge on any atom is -0.457 e. The van der Waals surface area contributed by atoms with Gasteiger partial charge in [-0.1, -0.05) is 18.2 Å². The minimum absolute atomic E-state index is 0.0326. The zero-order valence-electron chi connectivity index (χ0n) is 18.8. The molecule has 0 unspecified atom stereocenters. The minimum atomic E-state index is -0.497. The van der Waals surface area contributed by atoms with Crippen molar-refractivity contribution >= 4 is 12.0 Å². The van der Waals surface area contributed by atoms with Crippen LogP contribution in [0.5, 0.6) is 11.5 Å². The van der Waals surface area contributed by atoms with E-state index < -0.39 is 5.60 Å². The Hall–Kier alpha value is -3.02. The van der Waals surface area contributed by atoms with Crippen molar-refractivity contribution in [2.45, 2.75) is 39.2 Å². The Labute approximate surface area is 184 Å². The maximum atomic E-state index is 12.9. The van der Waals surface area contributed by atoms with Crippen molar-refractivity contribution in [1.82, 2.24) is 9.80 Å². The highest BCUT2D eigenvalue weighted by Gasteiger charge is 2.27. The first kappa shape index (κ1) is 22.7. The van der Waals surface area contributed by atoms with Crippen LogP contribution in [-0.4, -0.2) is 54.1 Å². The third-order valence-electron chi connectivity index (χ3n) is 5.22. The summed E-state index contributed by atoms with van der Waals surface area (Å²) in [7, 11) is 1.77. The number of hydrogen-bond donors (Lipinski definition) is 0. The van der Waals surface area contributed by atoms with E-state index in [9.17, 15) is 9.59 Å². The van der Waals surface area contributed by atoms with E-state index in [1.54, 1.807) is 11.9 Å². The summed E-state index contributed by atoms with van der Waals surface area (Å²) >= 11 is 0. The number of ether oxygens (including phenoxy) is 2. The lowest BCUT2D eigenvalue weighted by molar-refractivity contribution is 0.0246.